The van der Waals surface area contributed by atoms with Gasteiger partial charge in [-0.25, -0.2) is 0 Å². The Balaban J connectivity index is 1.77. The zero-order valence-electron chi connectivity index (χ0n) is 13.6. The monoisotopic (exact) mass is 305 g/mol. The lowest BCUT2D eigenvalue weighted by Crippen LogP contribution is -2.35. The minimum atomic E-state index is -0.461. The molecule has 1 aliphatic rings. The quantitative estimate of drug-likeness (QED) is 0.841. The topological polar surface area (TPSA) is 49.8 Å². The van der Waals surface area contributed by atoms with Crippen LogP contribution in [0.4, 0.5) is 0 Å². The smallest absolute Gasteiger partial charge is 0.135 e. The van der Waals surface area contributed by atoms with Gasteiger partial charge in [-0.15, -0.1) is 0 Å². The van der Waals surface area contributed by atoms with E-state index in [9.17, 15) is 9.90 Å². The number of nitrogens with zero attached hydrogens (tertiary/aromatic N) is 1. The first-order valence-corrected chi connectivity index (χ1v) is 8.19. The van der Waals surface area contributed by atoms with E-state index in [0.29, 0.717) is 37.6 Å². The summed E-state index contributed by atoms with van der Waals surface area (Å²) in [7, 11) is 0. The number of likely N-dealkylation sites (tertiary alicyclic amines) is 1. The minimum absolute atomic E-state index is 0.355. The predicted molar refractivity (Wildman–Crippen MR) is 87.0 cm³/mol. The van der Waals surface area contributed by atoms with Gasteiger partial charge in [0.2, 0.25) is 0 Å². The van der Waals surface area contributed by atoms with Gasteiger partial charge in [0, 0.05) is 32.5 Å². The Bertz CT molecular complexity index is 460. The summed E-state index contributed by atoms with van der Waals surface area (Å²) in [5.74, 6) is 1.70. The third-order valence-electron chi connectivity index (χ3n) is 3.98. The molecule has 22 heavy (non-hydrogen) atoms. The van der Waals surface area contributed by atoms with E-state index in [4.69, 9.17) is 4.74 Å². The van der Waals surface area contributed by atoms with Crippen LogP contribution in [0.5, 0.6) is 5.75 Å². The van der Waals surface area contributed by atoms with Crippen molar-refractivity contribution in [3.8, 4) is 5.75 Å². The molecule has 1 unspecified atom stereocenters. The highest BCUT2D eigenvalue weighted by Crippen LogP contribution is 2.21. The molecule has 4 nitrogen and oxygen atoms in total. The summed E-state index contributed by atoms with van der Waals surface area (Å²) in [5.41, 5.74) is 0.921. The highest BCUT2D eigenvalue weighted by molar-refractivity contribution is 5.79. The maximum absolute atomic E-state index is 11.2. The molecule has 1 atom stereocenters. The van der Waals surface area contributed by atoms with Crippen molar-refractivity contribution >= 4 is 5.78 Å². The van der Waals surface area contributed by atoms with Crippen molar-refractivity contribution in [2.45, 2.75) is 39.2 Å². The number of carbonyl (C=O) groups excluding carboxylic acids is 1. The van der Waals surface area contributed by atoms with Crippen LogP contribution in [0, 0.1) is 5.92 Å². The number of ketones is 1. The van der Waals surface area contributed by atoms with Crippen LogP contribution < -0.4 is 4.74 Å². The summed E-state index contributed by atoms with van der Waals surface area (Å²) >= 11 is 0. The van der Waals surface area contributed by atoms with E-state index in [2.05, 4.69) is 18.7 Å². The van der Waals surface area contributed by atoms with Crippen molar-refractivity contribution in [3.63, 3.8) is 0 Å². The van der Waals surface area contributed by atoms with E-state index in [1.807, 2.05) is 24.3 Å². The van der Waals surface area contributed by atoms with E-state index in [-0.39, 0.29) is 0 Å². The van der Waals surface area contributed by atoms with Gasteiger partial charge in [0.25, 0.3) is 0 Å². The SMILES string of the molecule is CC(C)COc1ccc(C(O)CCN2CCC(=O)CC2)cc1. The lowest BCUT2D eigenvalue weighted by atomic mass is 10.0. The molecule has 1 fully saturated rings. The van der Waals surface area contributed by atoms with E-state index in [1.54, 1.807) is 0 Å². The fourth-order valence-electron chi connectivity index (χ4n) is 2.55. The largest absolute Gasteiger partial charge is 0.493 e. The lowest BCUT2D eigenvalue weighted by Gasteiger charge is -2.26. The second kappa shape index (κ2) is 8.30. The van der Waals surface area contributed by atoms with Crippen molar-refractivity contribution in [1.82, 2.24) is 4.90 Å². The summed E-state index contributed by atoms with van der Waals surface area (Å²) in [6.07, 6.45) is 1.54. The summed E-state index contributed by atoms with van der Waals surface area (Å²) in [6.45, 7) is 7.43. The van der Waals surface area contributed by atoms with Gasteiger partial charge in [0.05, 0.1) is 12.7 Å². The predicted octanol–water partition coefficient (Wildman–Crippen LogP) is 2.81. The Kier molecular flexibility index (Phi) is 6.40. The minimum Gasteiger partial charge on any atom is -0.493 e. The number of Topliss-reactive ketones (excluding diaryl/α,β-unsaturated/α-hetero) is 1. The van der Waals surface area contributed by atoms with Crippen LogP contribution in [-0.4, -0.2) is 42.0 Å². The van der Waals surface area contributed by atoms with Gasteiger partial charge in [-0.05, 0) is 30.0 Å². The molecule has 0 saturated carbocycles. The first-order valence-electron chi connectivity index (χ1n) is 8.19. The molecule has 0 aliphatic carbocycles. The Morgan fingerprint density at radius 3 is 2.41 bits per heavy atom. The molecule has 1 aromatic rings. The molecule has 1 saturated heterocycles. The average Bonchev–Trinajstić information content (AvgIpc) is 2.52. The number of aliphatic hydroxyl groups excluding tert-OH is 1. The van der Waals surface area contributed by atoms with Crippen LogP contribution in [0.25, 0.3) is 0 Å². The molecule has 0 aromatic heterocycles. The highest BCUT2D eigenvalue weighted by atomic mass is 16.5. The molecule has 0 amide bonds. The number of carbonyl (C=O) groups is 1. The Hall–Kier alpha value is -1.39. The number of hydrogen-bond acceptors (Lipinski definition) is 4. The lowest BCUT2D eigenvalue weighted by molar-refractivity contribution is -0.121. The van der Waals surface area contributed by atoms with Crippen LogP contribution in [0.15, 0.2) is 24.3 Å². The Morgan fingerprint density at radius 1 is 1.18 bits per heavy atom. The first kappa shape index (κ1) is 17.0. The normalized spacial score (nSPS) is 17.7. The first-order chi connectivity index (χ1) is 10.5. The van der Waals surface area contributed by atoms with E-state index < -0.39 is 6.10 Å². The molecule has 1 N–H and O–H groups in total. The number of ether oxygens (including phenoxy) is 1. The Labute approximate surface area is 133 Å². The van der Waals surface area contributed by atoms with Crippen LogP contribution in [0.1, 0.15) is 44.8 Å². The number of aliphatic hydroxyl groups is 1. The zero-order valence-corrected chi connectivity index (χ0v) is 13.6. The number of piperidine rings is 1. The summed E-state index contributed by atoms with van der Waals surface area (Å²) < 4.78 is 5.65. The van der Waals surface area contributed by atoms with Gasteiger partial charge in [0.1, 0.15) is 11.5 Å². The average molecular weight is 305 g/mol. The molecule has 1 heterocycles. The van der Waals surface area contributed by atoms with Gasteiger partial charge in [-0.1, -0.05) is 26.0 Å². The highest BCUT2D eigenvalue weighted by Gasteiger charge is 2.17. The second-order valence-electron chi connectivity index (χ2n) is 6.46. The van der Waals surface area contributed by atoms with Gasteiger partial charge in [-0.3, -0.25) is 4.79 Å². The van der Waals surface area contributed by atoms with Crippen molar-refractivity contribution in [1.29, 1.82) is 0 Å². The second-order valence-corrected chi connectivity index (χ2v) is 6.46. The van der Waals surface area contributed by atoms with Crippen LogP contribution >= 0.6 is 0 Å². The standard InChI is InChI=1S/C18H27NO3/c1-14(2)13-22-17-5-3-15(4-6-17)18(21)9-12-19-10-7-16(20)8-11-19/h3-6,14,18,21H,7-13H2,1-2H3. The number of rotatable bonds is 7. The maximum atomic E-state index is 11.2. The third kappa shape index (κ3) is 5.43. The van der Waals surface area contributed by atoms with Gasteiger partial charge < -0.3 is 14.7 Å². The van der Waals surface area contributed by atoms with Crippen molar-refractivity contribution in [3.05, 3.63) is 29.8 Å². The molecule has 0 radical (unpaired) electrons. The molecule has 0 bridgehead atoms. The van der Waals surface area contributed by atoms with E-state index in [0.717, 1.165) is 30.9 Å². The molecule has 4 heteroatoms. The van der Waals surface area contributed by atoms with Gasteiger partial charge in [0.15, 0.2) is 0 Å². The molecular weight excluding hydrogens is 278 g/mol. The number of hydrogen-bond donors (Lipinski definition) is 1. The summed E-state index contributed by atoms with van der Waals surface area (Å²) in [4.78, 5) is 13.5. The fourth-order valence-corrected chi connectivity index (χ4v) is 2.55. The van der Waals surface area contributed by atoms with Crippen molar-refractivity contribution in [2.75, 3.05) is 26.2 Å². The van der Waals surface area contributed by atoms with E-state index in [1.165, 1.54) is 0 Å². The third-order valence-corrected chi connectivity index (χ3v) is 3.98. The van der Waals surface area contributed by atoms with E-state index >= 15 is 0 Å². The summed E-state index contributed by atoms with van der Waals surface area (Å²) in [6, 6.07) is 7.70. The molecule has 2 rings (SSSR count). The van der Waals surface area contributed by atoms with Crippen LogP contribution in [0.2, 0.25) is 0 Å². The van der Waals surface area contributed by atoms with Crippen molar-refractivity contribution in [2.24, 2.45) is 5.92 Å². The van der Waals surface area contributed by atoms with Crippen molar-refractivity contribution < 1.29 is 14.6 Å². The summed E-state index contributed by atoms with van der Waals surface area (Å²) in [5, 5.41) is 10.3. The van der Waals surface area contributed by atoms with Gasteiger partial charge >= 0.3 is 0 Å². The zero-order chi connectivity index (χ0) is 15.9. The molecular formula is C18H27NO3. The molecule has 122 valence electrons. The maximum Gasteiger partial charge on any atom is 0.135 e. The number of benzene rings is 1. The Morgan fingerprint density at radius 2 is 1.82 bits per heavy atom. The molecule has 1 aliphatic heterocycles. The van der Waals surface area contributed by atoms with Crippen LogP contribution in [0.3, 0.4) is 0 Å². The van der Waals surface area contributed by atoms with Gasteiger partial charge in [-0.2, -0.15) is 0 Å². The van der Waals surface area contributed by atoms with Crippen LogP contribution in [-0.2, 0) is 4.79 Å². The molecule has 0 spiro atoms. The molecule has 1 aromatic carbocycles. The fraction of sp³-hybridized carbons (Fsp3) is 0.611.